The van der Waals surface area contributed by atoms with Gasteiger partial charge in [-0.05, 0) is 24.4 Å². The van der Waals surface area contributed by atoms with Gasteiger partial charge in [-0.2, -0.15) is 5.10 Å². The number of benzene rings is 1. The van der Waals surface area contributed by atoms with Crippen LogP contribution in [0.1, 0.15) is 43.2 Å². The highest BCUT2D eigenvalue weighted by atomic mass is 15.3. The maximum absolute atomic E-state index is 4.44. The lowest BCUT2D eigenvalue weighted by atomic mass is 10.0. The Balaban J connectivity index is 1.40. The van der Waals surface area contributed by atoms with Crippen molar-refractivity contribution in [1.82, 2.24) is 15.1 Å². The molecule has 0 aliphatic heterocycles. The molecular formula is C18H25N3. The first-order valence-electron chi connectivity index (χ1n) is 8.16. The van der Waals surface area contributed by atoms with Crippen LogP contribution in [0.5, 0.6) is 0 Å². The topological polar surface area (TPSA) is 29.9 Å². The highest BCUT2D eigenvalue weighted by molar-refractivity contribution is 5.15. The molecule has 1 aliphatic carbocycles. The van der Waals surface area contributed by atoms with Crippen molar-refractivity contribution in [2.75, 3.05) is 6.54 Å². The van der Waals surface area contributed by atoms with Crippen molar-refractivity contribution >= 4 is 0 Å². The van der Waals surface area contributed by atoms with Crippen molar-refractivity contribution in [3.05, 3.63) is 53.9 Å². The average Bonchev–Trinajstić information content (AvgIpc) is 3.17. The molecule has 0 spiro atoms. The van der Waals surface area contributed by atoms with Gasteiger partial charge in [0.1, 0.15) is 0 Å². The second kappa shape index (κ2) is 7.41. The molecule has 21 heavy (non-hydrogen) atoms. The van der Waals surface area contributed by atoms with E-state index in [-0.39, 0.29) is 0 Å². The van der Waals surface area contributed by atoms with E-state index in [2.05, 4.69) is 40.9 Å². The zero-order valence-electron chi connectivity index (χ0n) is 12.7. The van der Waals surface area contributed by atoms with E-state index in [1.165, 1.54) is 43.2 Å². The Kier molecular flexibility index (Phi) is 5.06. The number of aromatic nitrogens is 2. The predicted molar refractivity (Wildman–Crippen MR) is 86.1 cm³/mol. The Bertz CT molecular complexity index is 526. The number of nitrogens with zero attached hydrogens (tertiary/aromatic N) is 2. The number of hydrogen-bond acceptors (Lipinski definition) is 2. The van der Waals surface area contributed by atoms with Crippen LogP contribution < -0.4 is 5.32 Å². The summed E-state index contributed by atoms with van der Waals surface area (Å²) in [5, 5.41) is 8.00. The van der Waals surface area contributed by atoms with Crippen LogP contribution in [0.25, 0.3) is 0 Å². The summed E-state index contributed by atoms with van der Waals surface area (Å²) in [6.07, 6.45) is 11.2. The molecule has 1 aromatic carbocycles. The molecule has 0 amide bonds. The largest absolute Gasteiger partial charge is 0.313 e. The quantitative estimate of drug-likeness (QED) is 0.787. The molecule has 1 saturated carbocycles. The fourth-order valence-corrected chi connectivity index (χ4v) is 3.19. The zero-order chi connectivity index (χ0) is 14.3. The maximum Gasteiger partial charge on any atom is 0.0659 e. The third-order valence-corrected chi connectivity index (χ3v) is 4.41. The minimum absolute atomic E-state index is 0.850. The molecule has 2 aromatic rings. The first kappa shape index (κ1) is 14.3. The fourth-order valence-electron chi connectivity index (χ4n) is 3.19. The van der Waals surface area contributed by atoms with Crippen molar-refractivity contribution in [3.63, 3.8) is 0 Å². The van der Waals surface area contributed by atoms with Crippen LogP contribution in [0.4, 0.5) is 0 Å². The standard InChI is InChI=1S/C18H25N3/c1-2-8-17(9-3-1)14-21-15-18(13-20-21)12-19-11-10-16-6-4-5-7-16/h1-3,8-9,13,15-16,19H,4-7,10-12,14H2. The third kappa shape index (κ3) is 4.43. The normalized spacial score (nSPS) is 15.6. The summed E-state index contributed by atoms with van der Waals surface area (Å²) in [5.41, 5.74) is 2.57. The zero-order valence-corrected chi connectivity index (χ0v) is 12.7. The van der Waals surface area contributed by atoms with E-state index in [1.54, 1.807) is 0 Å². The van der Waals surface area contributed by atoms with Gasteiger partial charge in [-0.3, -0.25) is 4.68 Å². The second-order valence-corrected chi connectivity index (χ2v) is 6.15. The van der Waals surface area contributed by atoms with Crippen molar-refractivity contribution in [2.24, 2.45) is 5.92 Å². The minimum atomic E-state index is 0.850. The summed E-state index contributed by atoms with van der Waals surface area (Å²) >= 11 is 0. The molecule has 112 valence electrons. The molecular weight excluding hydrogens is 258 g/mol. The predicted octanol–water partition coefficient (Wildman–Crippen LogP) is 3.60. The van der Waals surface area contributed by atoms with Crippen LogP contribution in [-0.4, -0.2) is 16.3 Å². The van der Waals surface area contributed by atoms with Crippen molar-refractivity contribution in [3.8, 4) is 0 Å². The number of rotatable bonds is 7. The van der Waals surface area contributed by atoms with E-state index in [4.69, 9.17) is 0 Å². The molecule has 0 radical (unpaired) electrons. The Morgan fingerprint density at radius 1 is 1.10 bits per heavy atom. The lowest BCUT2D eigenvalue weighted by molar-refractivity contribution is 0.477. The highest BCUT2D eigenvalue weighted by Gasteiger charge is 2.13. The first-order chi connectivity index (χ1) is 10.4. The van der Waals surface area contributed by atoms with Crippen LogP contribution >= 0.6 is 0 Å². The van der Waals surface area contributed by atoms with E-state index in [1.807, 2.05) is 16.9 Å². The molecule has 1 heterocycles. The molecule has 0 bridgehead atoms. The summed E-state index contributed by atoms with van der Waals surface area (Å²) < 4.78 is 2.02. The van der Waals surface area contributed by atoms with Crippen LogP contribution in [0.2, 0.25) is 0 Å². The summed E-state index contributed by atoms with van der Waals surface area (Å²) in [4.78, 5) is 0. The van der Waals surface area contributed by atoms with E-state index in [0.717, 1.165) is 25.6 Å². The van der Waals surface area contributed by atoms with Gasteiger partial charge in [-0.15, -0.1) is 0 Å². The lowest BCUT2D eigenvalue weighted by Crippen LogP contribution is -2.16. The van der Waals surface area contributed by atoms with Crippen molar-refractivity contribution < 1.29 is 0 Å². The molecule has 1 fully saturated rings. The van der Waals surface area contributed by atoms with E-state index < -0.39 is 0 Å². The summed E-state index contributed by atoms with van der Waals surface area (Å²) in [7, 11) is 0. The van der Waals surface area contributed by atoms with Crippen LogP contribution in [0.15, 0.2) is 42.7 Å². The van der Waals surface area contributed by atoms with Gasteiger partial charge in [0.2, 0.25) is 0 Å². The van der Waals surface area contributed by atoms with Gasteiger partial charge >= 0.3 is 0 Å². The Morgan fingerprint density at radius 2 is 1.90 bits per heavy atom. The first-order valence-corrected chi connectivity index (χ1v) is 8.16. The third-order valence-electron chi connectivity index (χ3n) is 4.41. The van der Waals surface area contributed by atoms with E-state index in [9.17, 15) is 0 Å². The van der Waals surface area contributed by atoms with Crippen molar-refractivity contribution in [1.29, 1.82) is 0 Å². The molecule has 1 aromatic heterocycles. The van der Waals surface area contributed by atoms with Crippen LogP contribution in [-0.2, 0) is 13.1 Å². The SMILES string of the molecule is c1ccc(Cn2cc(CNCCC3CCCC3)cn2)cc1. The van der Waals surface area contributed by atoms with Crippen LogP contribution in [0, 0.1) is 5.92 Å². The van der Waals surface area contributed by atoms with Gasteiger partial charge in [-0.1, -0.05) is 56.0 Å². The molecule has 0 unspecified atom stereocenters. The molecule has 3 heteroatoms. The smallest absolute Gasteiger partial charge is 0.0659 e. The van der Waals surface area contributed by atoms with Gasteiger partial charge < -0.3 is 5.32 Å². The fraction of sp³-hybridized carbons (Fsp3) is 0.500. The molecule has 0 saturated heterocycles. The monoisotopic (exact) mass is 283 g/mol. The Hall–Kier alpha value is -1.61. The van der Waals surface area contributed by atoms with E-state index >= 15 is 0 Å². The average molecular weight is 283 g/mol. The molecule has 3 rings (SSSR count). The van der Waals surface area contributed by atoms with Gasteiger partial charge in [0, 0.05) is 18.3 Å². The van der Waals surface area contributed by atoms with Crippen molar-refractivity contribution in [2.45, 2.75) is 45.2 Å². The maximum atomic E-state index is 4.44. The minimum Gasteiger partial charge on any atom is -0.313 e. The van der Waals surface area contributed by atoms with Gasteiger partial charge in [0.15, 0.2) is 0 Å². The summed E-state index contributed by atoms with van der Waals surface area (Å²) in [5.74, 6) is 0.971. The molecule has 3 nitrogen and oxygen atoms in total. The molecule has 1 N–H and O–H groups in total. The second-order valence-electron chi connectivity index (χ2n) is 6.15. The molecule has 1 aliphatic rings. The highest BCUT2D eigenvalue weighted by Crippen LogP contribution is 2.26. The van der Waals surface area contributed by atoms with Gasteiger partial charge in [0.05, 0.1) is 12.7 Å². The lowest BCUT2D eigenvalue weighted by Gasteiger charge is -2.08. The Morgan fingerprint density at radius 3 is 2.71 bits per heavy atom. The van der Waals surface area contributed by atoms with Gasteiger partial charge in [0.25, 0.3) is 0 Å². The number of nitrogens with one attached hydrogen (secondary N) is 1. The van der Waals surface area contributed by atoms with Gasteiger partial charge in [-0.25, -0.2) is 0 Å². The van der Waals surface area contributed by atoms with Crippen LogP contribution in [0.3, 0.4) is 0 Å². The summed E-state index contributed by atoms with van der Waals surface area (Å²) in [6.45, 7) is 2.92. The Labute approximate surface area is 127 Å². The number of hydrogen-bond donors (Lipinski definition) is 1. The summed E-state index contributed by atoms with van der Waals surface area (Å²) in [6, 6.07) is 10.5. The van der Waals surface area contributed by atoms with E-state index in [0.29, 0.717) is 0 Å². The molecule has 0 atom stereocenters.